The third-order valence-electron chi connectivity index (χ3n) is 3.64. The number of nitrogens with zero attached hydrogens (tertiary/aromatic N) is 3. The highest BCUT2D eigenvalue weighted by molar-refractivity contribution is 6.30. The molecule has 0 bridgehead atoms. The summed E-state index contributed by atoms with van der Waals surface area (Å²) in [6.45, 7) is 8.00. The third kappa shape index (κ3) is 3.06. The van der Waals surface area contributed by atoms with E-state index in [9.17, 15) is 4.79 Å². The zero-order valence-electron chi connectivity index (χ0n) is 13.0. The van der Waals surface area contributed by atoms with E-state index in [-0.39, 0.29) is 12.1 Å². The van der Waals surface area contributed by atoms with Crippen LogP contribution in [0.1, 0.15) is 20.8 Å². The summed E-state index contributed by atoms with van der Waals surface area (Å²) < 4.78 is 11.2. The highest BCUT2D eigenvalue weighted by Gasteiger charge is 2.36. The molecule has 120 valence electrons. The number of hydrogen-bond donors (Lipinski definition) is 0. The first-order valence-electron chi connectivity index (χ1n) is 7.36. The van der Waals surface area contributed by atoms with Crippen LogP contribution in [0.25, 0.3) is 0 Å². The number of halogens is 1. The van der Waals surface area contributed by atoms with Gasteiger partial charge in [0.15, 0.2) is 11.6 Å². The lowest BCUT2D eigenvalue weighted by Crippen LogP contribution is -2.59. The maximum atomic E-state index is 12.2. The van der Waals surface area contributed by atoms with Crippen LogP contribution in [0.15, 0.2) is 12.3 Å². The smallest absolute Gasteiger partial charge is 0.410 e. The SMILES string of the molecule is CC(C)(C)OC(=O)N1CCN2c3ncc(Cl)cc3OC[C@H]2C1. The van der Waals surface area contributed by atoms with Crippen molar-refractivity contribution in [2.24, 2.45) is 0 Å². The molecule has 1 saturated heterocycles. The Labute approximate surface area is 135 Å². The Bertz CT molecular complexity index is 588. The van der Waals surface area contributed by atoms with E-state index in [4.69, 9.17) is 21.1 Å². The average molecular weight is 326 g/mol. The van der Waals surface area contributed by atoms with Crippen LogP contribution >= 0.6 is 11.6 Å². The molecule has 0 aliphatic carbocycles. The van der Waals surface area contributed by atoms with Gasteiger partial charge in [0.2, 0.25) is 0 Å². The minimum absolute atomic E-state index is 0.0856. The lowest BCUT2D eigenvalue weighted by atomic mass is 10.1. The molecule has 2 aliphatic heterocycles. The van der Waals surface area contributed by atoms with E-state index in [1.807, 2.05) is 20.8 Å². The molecule has 0 radical (unpaired) electrons. The second-order valence-corrected chi connectivity index (χ2v) is 7.00. The number of anilines is 1. The Hall–Kier alpha value is -1.69. The molecular formula is C15H20ClN3O3. The number of fused-ring (bicyclic) bond motifs is 3. The first kappa shape index (κ1) is 15.2. The van der Waals surface area contributed by atoms with Crippen molar-refractivity contribution in [3.63, 3.8) is 0 Å². The molecule has 0 unspecified atom stereocenters. The molecule has 7 heteroatoms. The minimum Gasteiger partial charge on any atom is -0.487 e. The number of pyridine rings is 1. The summed E-state index contributed by atoms with van der Waals surface area (Å²) >= 11 is 5.95. The van der Waals surface area contributed by atoms with E-state index >= 15 is 0 Å². The zero-order valence-corrected chi connectivity index (χ0v) is 13.8. The van der Waals surface area contributed by atoms with Gasteiger partial charge >= 0.3 is 6.09 Å². The largest absolute Gasteiger partial charge is 0.487 e. The fourth-order valence-corrected chi connectivity index (χ4v) is 2.84. The van der Waals surface area contributed by atoms with Crippen molar-refractivity contribution >= 4 is 23.5 Å². The van der Waals surface area contributed by atoms with E-state index in [0.29, 0.717) is 37.0 Å². The van der Waals surface area contributed by atoms with Crippen LogP contribution in [0.3, 0.4) is 0 Å². The molecule has 2 aliphatic rings. The molecule has 0 N–H and O–H groups in total. The van der Waals surface area contributed by atoms with E-state index in [0.717, 1.165) is 5.82 Å². The molecule has 1 fully saturated rings. The zero-order chi connectivity index (χ0) is 15.9. The normalized spacial score (nSPS) is 20.8. The summed E-state index contributed by atoms with van der Waals surface area (Å²) in [5, 5.41) is 0.560. The Kier molecular flexibility index (Phi) is 3.80. The van der Waals surface area contributed by atoms with Gasteiger partial charge in [-0.05, 0) is 20.8 Å². The summed E-state index contributed by atoms with van der Waals surface area (Å²) in [6.07, 6.45) is 1.34. The number of hydrogen-bond acceptors (Lipinski definition) is 5. The van der Waals surface area contributed by atoms with Crippen LogP contribution in [-0.4, -0.2) is 53.9 Å². The summed E-state index contributed by atoms with van der Waals surface area (Å²) in [4.78, 5) is 20.5. The second-order valence-electron chi connectivity index (χ2n) is 6.56. The minimum atomic E-state index is -0.484. The van der Waals surface area contributed by atoms with Gasteiger partial charge in [-0.3, -0.25) is 0 Å². The molecule has 3 heterocycles. The molecule has 0 spiro atoms. The Morgan fingerprint density at radius 2 is 2.23 bits per heavy atom. The van der Waals surface area contributed by atoms with E-state index in [1.54, 1.807) is 17.2 Å². The predicted octanol–water partition coefficient (Wildman–Crippen LogP) is 2.55. The van der Waals surface area contributed by atoms with Crippen LogP contribution in [0.2, 0.25) is 5.02 Å². The average Bonchev–Trinajstić information content (AvgIpc) is 2.44. The maximum Gasteiger partial charge on any atom is 0.410 e. The van der Waals surface area contributed by atoms with Crippen LogP contribution < -0.4 is 9.64 Å². The van der Waals surface area contributed by atoms with Gasteiger partial charge in [-0.1, -0.05) is 11.6 Å². The maximum absolute atomic E-state index is 12.2. The van der Waals surface area contributed by atoms with Crippen molar-refractivity contribution in [2.75, 3.05) is 31.1 Å². The Balaban J connectivity index is 1.71. The number of amides is 1. The van der Waals surface area contributed by atoms with Gasteiger partial charge in [0, 0.05) is 31.9 Å². The fourth-order valence-electron chi connectivity index (χ4n) is 2.69. The molecule has 1 atom stereocenters. The lowest BCUT2D eigenvalue weighted by Gasteiger charge is -2.44. The van der Waals surface area contributed by atoms with Crippen molar-refractivity contribution in [3.05, 3.63) is 17.3 Å². The van der Waals surface area contributed by atoms with Gasteiger partial charge in [-0.15, -0.1) is 0 Å². The molecule has 1 amide bonds. The first-order valence-corrected chi connectivity index (χ1v) is 7.74. The number of carbonyl (C=O) groups excluding carboxylic acids is 1. The number of ether oxygens (including phenoxy) is 2. The van der Waals surface area contributed by atoms with E-state index in [1.165, 1.54) is 0 Å². The third-order valence-corrected chi connectivity index (χ3v) is 3.84. The molecule has 3 rings (SSSR count). The first-order chi connectivity index (χ1) is 10.3. The molecule has 1 aromatic rings. The monoisotopic (exact) mass is 325 g/mol. The summed E-state index contributed by atoms with van der Waals surface area (Å²) in [5.41, 5.74) is -0.484. The van der Waals surface area contributed by atoms with Crippen molar-refractivity contribution in [1.29, 1.82) is 0 Å². The highest BCUT2D eigenvalue weighted by atomic mass is 35.5. The lowest BCUT2D eigenvalue weighted by molar-refractivity contribution is 0.0194. The number of rotatable bonds is 0. The van der Waals surface area contributed by atoms with Crippen LogP contribution in [0.5, 0.6) is 5.75 Å². The van der Waals surface area contributed by atoms with E-state index < -0.39 is 5.60 Å². The molecule has 0 saturated carbocycles. The molecular weight excluding hydrogens is 306 g/mol. The number of carbonyl (C=O) groups is 1. The van der Waals surface area contributed by atoms with Gasteiger partial charge in [0.1, 0.15) is 12.2 Å². The Morgan fingerprint density at radius 1 is 1.45 bits per heavy atom. The van der Waals surface area contributed by atoms with Crippen LogP contribution in [0.4, 0.5) is 10.6 Å². The summed E-state index contributed by atoms with van der Waals surface area (Å²) in [6, 6.07) is 1.86. The number of piperazine rings is 1. The van der Waals surface area contributed by atoms with Crippen LogP contribution in [-0.2, 0) is 4.74 Å². The standard InChI is InChI=1S/C15H20ClN3O3/c1-15(2,3)22-14(20)18-4-5-19-11(8-18)9-21-12-6-10(16)7-17-13(12)19/h6-7,11H,4-5,8-9H2,1-3H3/t11-/m1/s1. The van der Waals surface area contributed by atoms with Crippen molar-refractivity contribution in [2.45, 2.75) is 32.4 Å². The predicted molar refractivity (Wildman–Crippen MR) is 83.7 cm³/mol. The van der Waals surface area contributed by atoms with Crippen molar-refractivity contribution in [3.8, 4) is 5.75 Å². The quantitative estimate of drug-likeness (QED) is 0.733. The second kappa shape index (κ2) is 5.50. The van der Waals surface area contributed by atoms with Gasteiger partial charge < -0.3 is 19.3 Å². The van der Waals surface area contributed by atoms with Crippen molar-refractivity contribution in [1.82, 2.24) is 9.88 Å². The Morgan fingerprint density at radius 3 is 2.95 bits per heavy atom. The van der Waals surface area contributed by atoms with Gasteiger partial charge in [0.05, 0.1) is 11.1 Å². The van der Waals surface area contributed by atoms with Gasteiger partial charge in [0.25, 0.3) is 0 Å². The molecule has 0 aromatic carbocycles. The molecule has 6 nitrogen and oxygen atoms in total. The summed E-state index contributed by atoms with van der Waals surface area (Å²) in [5.74, 6) is 1.50. The van der Waals surface area contributed by atoms with E-state index in [2.05, 4.69) is 9.88 Å². The number of aromatic nitrogens is 1. The highest BCUT2D eigenvalue weighted by Crippen LogP contribution is 2.35. The molecule has 1 aromatic heterocycles. The van der Waals surface area contributed by atoms with Gasteiger partial charge in [-0.2, -0.15) is 0 Å². The van der Waals surface area contributed by atoms with Gasteiger partial charge in [-0.25, -0.2) is 9.78 Å². The fraction of sp³-hybridized carbons (Fsp3) is 0.600. The van der Waals surface area contributed by atoms with Crippen LogP contribution in [0, 0.1) is 0 Å². The molecule has 22 heavy (non-hydrogen) atoms. The van der Waals surface area contributed by atoms with Crippen molar-refractivity contribution < 1.29 is 14.3 Å². The topological polar surface area (TPSA) is 54.9 Å². The summed E-state index contributed by atoms with van der Waals surface area (Å²) in [7, 11) is 0.